The smallest absolute Gasteiger partial charge is 0.323 e. The highest BCUT2D eigenvalue weighted by atomic mass is 32.1. The normalized spacial score (nSPS) is 22.8. The minimum Gasteiger partial charge on any atom is -0.376 e. The maximum Gasteiger partial charge on any atom is 0.323 e. The van der Waals surface area contributed by atoms with Crippen molar-refractivity contribution in [1.82, 2.24) is 20.0 Å². The first-order valence-electron chi connectivity index (χ1n) is 9.85. The zero-order valence-corrected chi connectivity index (χ0v) is 16.9. The van der Waals surface area contributed by atoms with E-state index < -0.39 is 0 Å². The van der Waals surface area contributed by atoms with Crippen LogP contribution in [0, 0.1) is 0 Å². The lowest BCUT2D eigenvalue weighted by molar-refractivity contribution is -0.0415. The molecule has 0 aliphatic carbocycles. The number of nitrogens with one attached hydrogen (secondary N) is 1. The summed E-state index contributed by atoms with van der Waals surface area (Å²) in [6.07, 6.45) is 4.45. The van der Waals surface area contributed by atoms with Crippen LogP contribution in [0.15, 0.2) is 0 Å². The third-order valence-corrected chi connectivity index (χ3v) is 6.53. The van der Waals surface area contributed by atoms with Gasteiger partial charge >= 0.3 is 6.03 Å². The Morgan fingerprint density at radius 1 is 1.27 bits per heavy atom. The summed E-state index contributed by atoms with van der Waals surface area (Å²) in [5.41, 5.74) is 0. The van der Waals surface area contributed by atoms with Crippen LogP contribution in [0.2, 0.25) is 0 Å². The number of aromatic nitrogens is 2. The van der Waals surface area contributed by atoms with Crippen molar-refractivity contribution >= 4 is 22.5 Å². The summed E-state index contributed by atoms with van der Waals surface area (Å²) in [5.74, 6) is 0.435. The van der Waals surface area contributed by atoms with E-state index in [0.717, 1.165) is 63.5 Å². The Hall–Kier alpha value is -1.25. The molecule has 0 radical (unpaired) electrons. The minimum absolute atomic E-state index is 0.0500. The molecule has 1 N–H and O–H groups in total. The molecular formula is C18H31N5O2S. The predicted octanol–water partition coefficient (Wildman–Crippen LogP) is 3.16. The van der Waals surface area contributed by atoms with E-state index in [0.29, 0.717) is 23.2 Å². The van der Waals surface area contributed by atoms with Crippen LogP contribution < -0.4 is 5.32 Å². The molecule has 1 aromatic heterocycles. The number of likely N-dealkylation sites (tertiary alicyclic amines) is 1. The summed E-state index contributed by atoms with van der Waals surface area (Å²) in [5, 5.41) is 13.0. The Morgan fingerprint density at radius 2 is 2.00 bits per heavy atom. The molecule has 1 atom stereocenters. The van der Waals surface area contributed by atoms with Gasteiger partial charge in [0.2, 0.25) is 5.13 Å². The lowest BCUT2D eigenvalue weighted by Crippen LogP contribution is -2.52. The topological polar surface area (TPSA) is 70.6 Å². The number of amides is 2. The van der Waals surface area contributed by atoms with Crippen LogP contribution >= 0.6 is 11.3 Å². The van der Waals surface area contributed by atoms with E-state index in [1.807, 2.05) is 4.90 Å². The average Bonchev–Trinajstić information content (AvgIpc) is 3.11. The van der Waals surface area contributed by atoms with Crippen molar-refractivity contribution < 1.29 is 9.53 Å². The molecule has 2 aliphatic rings. The molecule has 1 aromatic rings. The predicted molar refractivity (Wildman–Crippen MR) is 104 cm³/mol. The molecule has 3 heterocycles. The Bertz CT molecular complexity index is 584. The van der Waals surface area contributed by atoms with Crippen molar-refractivity contribution in [3.05, 3.63) is 5.01 Å². The molecule has 2 aliphatic heterocycles. The second-order valence-corrected chi connectivity index (χ2v) is 8.29. The first-order chi connectivity index (χ1) is 12.6. The number of carbonyl (C=O) groups excluding carboxylic acids is 1. The molecule has 2 fully saturated rings. The van der Waals surface area contributed by atoms with Crippen LogP contribution in [0.25, 0.3) is 0 Å². The quantitative estimate of drug-likeness (QED) is 0.848. The van der Waals surface area contributed by atoms with E-state index in [1.54, 1.807) is 0 Å². The lowest BCUT2D eigenvalue weighted by Gasteiger charge is -2.41. The van der Waals surface area contributed by atoms with Crippen LogP contribution in [0.4, 0.5) is 9.93 Å². The van der Waals surface area contributed by atoms with Crippen LogP contribution in [0.1, 0.15) is 57.4 Å². The summed E-state index contributed by atoms with van der Waals surface area (Å²) >= 11 is 1.50. The van der Waals surface area contributed by atoms with Gasteiger partial charge in [-0.1, -0.05) is 25.2 Å². The van der Waals surface area contributed by atoms with Gasteiger partial charge < -0.3 is 9.64 Å². The summed E-state index contributed by atoms with van der Waals surface area (Å²) in [6, 6.07) is 0.513. The number of hydrogen-bond donors (Lipinski definition) is 1. The Kier molecular flexibility index (Phi) is 6.83. The number of morpholine rings is 1. The number of urea groups is 1. The first-order valence-corrected chi connectivity index (χ1v) is 10.7. The summed E-state index contributed by atoms with van der Waals surface area (Å²) in [6.45, 7) is 10.9. The molecule has 0 bridgehead atoms. The SMILES string of the molecule is CCC(CC)c1nnc(NC(=O)N2CCC(N3CCOC(C)C3)CC2)s1. The summed E-state index contributed by atoms with van der Waals surface area (Å²) in [4.78, 5) is 17.0. The van der Waals surface area contributed by atoms with Crippen LogP contribution in [0.3, 0.4) is 0 Å². The van der Waals surface area contributed by atoms with Crippen LogP contribution in [0.5, 0.6) is 0 Å². The van der Waals surface area contributed by atoms with Gasteiger partial charge in [0.05, 0.1) is 12.7 Å². The monoisotopic (exact) mass is 381 g/mol. The van der Waals surface area contributed by atoms with Gasteiger partial charge in [0, 0.05) is 38.1 Å². The van der Waals surface area contributed by atoms with Gasteiger partial charge in [-0.3, -0.25) is 10.2 Å². The number of hydrogen-bond acceptors (Lipinski definition) is 6. The van der Waals surface area contributed by atoms with E-state index in [2.05, 4.69) is 41.2 Å². The molecule has 3 rings (SSSR count). The van der Waals surface area contributed by atoms with Gasteiger partial charge in [0.1, 0.15) is 5.01 Å². The van der Waals surface area contributed by atoms with E-state index in [1.165, 1.54) is 11.3 Å². The van der Waals surface area contributed by atoms with E-state index >= 15 is 0 Å². The zero-order chi connectivity index (χ0) is 18.5. The molecule has 1 unspecified atom stereocenters. The largest absolute Gasteiger partial charge is 0.376 e. The Morgan fingerprint density at radius 3 is 2.65 bits per heavy atom. The second kappa shape index (κ2) is 9.10. The Balaban J connectivity index is 1.48. The minimum atomic E-state index is -0.0500. The molecule has 26 heavy (non-hydrogen) atoms. The van der Waals surface area contributed by atoms with Crippen molar-refractivity contribution in [1.29, 1.82) is 0 Å². The highest BCUT2D eigenvalue weighted by molar-refractivity contribution is 7.15. The fourth-order valence-electron chi connectivity index (χ4n) is 3.87. The molecule has 146 valence electrons. The fraction of sp³-hybridized carbons (Fsp3) is 0.833. The van der Waals surface area contributed by atoms with Crippen molar-refractivity contribution in [3.63, 3.8) is 0 Å². The summed E-state index contributed by atoms with van der Waals surface area (Å²) < 4.78 is 5.63. The van der Waals surface area contributed by atoms with Crippen LogP contribution in [-0.2, 0) is 4.74 Å². The molecule has 2 amide bonds. The molecule has 0 aromatic carbocycles. The highest BCUT2D eigenvalue weighted by Gasteiger charge is 2.29. The second-order valence-electron chi connectivity index (χ2n) is 7.28. The molecule has 0 saturated carbocycles. The van der Waals surface area contributed by atoms with Gasteiger partial charge in [-0.25, -0.2) is 4.79 Å². The Labute approximate surface area is 160 Å². The van der Waals surface area contributed by atoms with Gasteiger partial charge in [0.15, 0.2) is 0 Å². The molecule has 8 heteroatoms. The van der Waals surface area contributed by atoms with Gasteiger partial charge in [-0.05, 0) is 32.6 Å². The van der Waals surface area contributed by atoms with Crippen molar-refractivity contribution in [2.75, 3.05) is 38.1 Å². The van der Waals surface area contributed by atoms with Crippen LogP contribution in [-0.4, -0.2) is 71.0 Å². The third kappa shape index (κ3) is 4.72. The molecule has 2 saturated heterocycles. The number of piperidine rings is 1. The van der Waals surface area contributed by atoms with Gasteiger partial charge in [-0.15, -0.1) is 10.2 Å². The molecule has 7 nitrogen and oxygen atoms in total. The maximum atomic E-state index is 12.5. The maximum absolute atomic E-state index is 12.5. The fourth-order valence-corrected chi connectivity index (χ4v) is 4.87. The van der Waals surface area contributed by atoms with Crippen molar-refractivity contribution in [3.8, 4) is 0 Å². The lowest BCUT2D eigenvalue weighted by atomic mass is 10.0. The number of ether oxygens (including phenoxy) is 1. The third-order valence-electron chi connectivity index (χ3n) is 5.53. The van der Waals surface area contributed by atoms with E-state index in [-0.39, 0.29) is 6.03 Å². The average molecular weight is 382 g/mol. The van der Waals surface area contributed by atoms with Gasteiger partial charge in [0.25, 0.3) is 0 Å². The van der Waals surface area contributed by atoms with E-state index in [4.69, 9.17) is 4.74 Å². The van der Waals surface area contributed by atoms with Gasteiger partial charge in [-0.2, -0.15) is 0 Å². The molecular weight excluding hydrogens is 350 g/mol. The number of anilines is 1. The standard InChI is InChI=1S/C18H31N5O2S/c1-4-14(5-2)16-20-21-17(26-16)19-18(24)22-8-6-15(7-9-22)23-10-11-25-13(3)12-23/h13-15H,4-12H2,1-3H3,(H,19,21,24). The number of carbonyl (C=O) groups is 1. The van der Waals surface area contributed by atoms with Crippen molar-refractivity contribution in [2.45, 2.75) is 64.5 Å². The number of rotatable bonds is 5. The number of nitrogens with zero attached hydrogens (tertiary/aromatic N) is 4. The highest BCUT2D eigenvalue weighted by Crippen LogP contribution is 2.28. The summed E-state index contributed by atoms with van der Waals surface area (Å²) in [7, 11) is 0. The molecule has 0 spiro atoms. The van der Waals surface area contributed by atoms with Crippen molar-refractivity contribution in [2.24, 2.45) is 0 Å². The zero-order valence-electron chi connectivity index (χ0n) is 16.1. The first kappa shape index (κ1) is 19.5. The van der Waals surface area contributed by atoms with E-state index in [9.17, 15) is 4.79 Å².